The largest absolute Gasteiger partial charge is 0.481 e. The third-order valence-electron chi connectivity index (χ3n) is 3.67. The number of hydrogen-bond donors (Lipinski definition) is 2. The van der Waals surface area contributed by atoms with Crippen molar-refractivity contribution < 1.29 is 14.7 Å². The van der Waals surface area contributed by atoms with Crippen molar-refractivity contribution in [1.29, 1.82) is 0 Å². The maximum atomic E-state index is 12.2. The van der Waals surface area contributed by atoms with Gasteiger partial charge in [-0.1, -0.05) is 22.4 Å². The highest BCUT2D eigenvalue weighted by Crippen LogP contribution is 2.31. The summed E-state index contributed by atoms with van der Waals surface area (Å²) in [6.07, 6.45) is 2.50. The summed E-state index contributed by atoms with van der Waals surface area (Å²) >= 11 is 5.47. The summed E-state index contributed by atoms with van der Waals surface area (Å²) < 4.78 is 1.73. The molecule has 0 bridgehead atoms. The number of carboxylic acids is 1. The molecule has 6 heteroatoms. The highest BCUT2D eigenvalue weighted by atomic mass is 127. The lowest BCUT2D eigenvalue weighted by Crippen LogP contribution is -2.33. The molecule has 1 aromatic carbocycles. The van der Waals surface area contributed by atoms with Crippen molar-refractivity contribution in [1.82, 2.24) is 5.32 Å². The van der Waals surface area contributed by atoms with Crippen LogP contribution < -0.4 is 5.32 Å². The van der Waals surface area contributed by atoms with Crippen molar-refractivity contribution in [2.75, 3.05) is 6.54 Å². The molecule has 2 atom stereocenters. The van der Waals surface area contributed by atoms with Crippen LogP contribution >= 0.6 is 38.5 Å². The fraction of sp³-hybridized carbons (Fsp3) is 0.429. The number of carboxylic acid groups (broad SMARTS) is 1. The van der Waals surface area contributed by atoms with E-state index in [1.807, 2.05) is 12.1 Å². The van der Waals surface area contributed by atoms with E-state index < -0.39 is 5.97 Å². The Labute approximate surface area is 139 Å². The van der Waals surface area contributed by atoms with E-state index >= 15 is 0 Å². The Hall–Kier alpha value is -0.630. The topological polar surface area (TPSA) is 66.4 Å². The van der Waals surface area contributed by atoms with Crippen LogP contribution in [0.1, 0.15) is 29.6 Å². The summed E-state index contributed by atoms with van der Waals surface area (Å²) in [6.45, 7) is 0.429. The number of aliphatic carboxylic acids is 1. The summed E-state index contributed by atoms with van der Waals surface area (Å²) in [6, 6.07) is 5.53. The van der Waals surface area contributed by atoms with E-state index in [0.29, 0.717) is 18.5 Å². The van der Waals surface area contributed by atoms with Crippen LogP contribution in [0.3, 0.4) is 0 Å². The molecule has 20 heavy (non-hydrogen) atoms. The number of halogens is 2. The summed E-state index contributed by atoms with van der Waals surface area (Å²) in [7, 11) is 0. The van der Waals surface area contributed by atoms with E-state index in [0.717, 1.165) is 20.9 Å². The Kier molecular flexibility index (Phi) is 5.42. The first-order valence-electron chi connectivity index (χ1n) is 6.45. The van der Waals surface area contributed by atoms with E-state index in [2.05, 4.69) is 43.8 Å². The van der Waals surface area contributed by atoms with Crippen LogP contribution in [-0.4, -0.2) is 23.5 Å². The van der Waals surface area contributed by atoms with Crippen LogP contribution in [0, 0.1) is 15.4 Å². The molecule has 0 saturated heterocycles. The first-order chi connectivity index (χ1) is 9.49. The molecule has 2 N–H and O–H groups in total. The van der Waals surface area contributed by atoms with Gasteiger partial charge in [0, 0.05) is 14.6 Å². The first kappa shape index (κ1) is 15.8. The predicted octanol–water partition coefficient (Wildman–Crippen LogP) is 3.28. The molecule has 0 radical (unpaired) electrons. The number of hydrogen-bond acceptors (Lipinski definition) is 2. The van der Waals surface area contributed by atoms with Crippen molar-refractivity contribution in [2.45, 2.75) is 19.3 Å². The molecule has 1 amide bonds. The molecule has 0 heterocycles. The van der Waals surface area contributed by atoms with Crippen molar-refractivity contribution in [3.05, 3.63) is 31.8 Å². The van der Waals surface area contributed by atoms with Gasteiger partial charge in [0.25, 0.3) is 5.91 Å². The second kappa shape index (κ2) is 6.89. The summed E-state index contributed by atoms with van der Waals surface area (Å²) in [5.41, 5.74) is 0.616. The van der Waals surface area contributed by atoms with Crippen LogP contribution in [0.15, 0.2) is 22.7 Å². The van der Waals surface area contributed by atoms with E-state index in [1.165, 1.54) is 0 Å². The normalized spacial score (nSPS) is 21.7. The SMILES string of the molecule is O=C(NCC1CCCC1C(=O)O)c1cc(Br)ccc1I. The fourth-order valence-corrected chi connectivity index (χ4v) is 3.54. The average molecular weight is 452 g/mol. The Balaban J connectivity index is 1.98. The van der Waals surface area contributed by atoms with Crippen molar-refractivity contribution in [2.24, 2.45) is 11.8 Å². The Morgan fingerprint density at radius 1 is 1.40 bits per heavy atom. The van der Waals surface area contributed by atoms with Gasteiger partial charge < -0.3 is 10.4 Å². The molecular formula is C14H15BrINO3. The molecule has 0 aliphatic heterocycles. The van der Waals surface area contributed by atoms with Gasteiger partial charge in [-0.3, -0.25) is 9.59 Å². The van der Waals surface area contributed by atoms with Crippen LogP contribution in [-0.2, 0) is 4.79 Å². The van der Waals surface area contributed by atoms with Gasteiger partial charge in [-0.2, -0.15) is 0 Å². The molecule has 1 aliphatic carbocycles. The lowest BCUT2D eigenvalue weighted by Gasteiger charge is -2.16. The standard InChI is InChI=1S/C14H15BrINO3/c15-9-4-5-12(16)11(6-9)13(18)17-7-8-2-1-3-10(8)14(19)20/h4-6,8,10H,1-3,7H2,(H,17,18)(H,19,20). The molecule has 2 unspecified atom stereocenters. The van der Waals surface area contributed by atoms with Gasteiger partial charge in [0.05, 0.1) is 11.5 Å². The van der Waals surface area contributed by atoms with E-state index in [-0.39, 0.29) is 17.7 Å². The molecule has 1 fully saturated rings. The van der Waals surface area contributed by atoms with Gasteiger partial charge in [-0.25, -0.2) is 0 Å². The lowest BCUT2D eigenvalue weighted by molar-refractivity contribution is -0.142. The average Bonchev–Trinajstić information content (AvgIpc) is 2.87. The fourth-order valence-electron chi connectivity index (χ4n) is 2.60. The van der Waals surface area contributed by atoms with Gasteiger partial charge >= 0.3 is 5.97 Å². The van der Waals surface area contributed by atoms with Gasteiger partial charge in [-0.15, -0.1) is 0 Å². The summed E-state index contributed by atoms with van der Waals surface area (Å²) in [5.74, 6) is -1.18. The van der Waals surface area contributed by atoms with E-state index in [1.54, 1.807) is 6.07 Å². The minimum atomic E-state index is -0.751. The monoisotopic (exact) mass is 451 g/mol. The zero-order valence-corrected chi connectivity index (χ0v) is 14.5. The molecule has 1 aliphatic rings. The van der Waals surface area contributed by atoms with Crippen molar-refractivity contribution in [3.63, 3.8) is 0 Å². The number of amides is 1. The maximum Gasteiger partial charge on any atom is 0.306 e. The molecular weight excluding hydrogens is 437 g/mol. The van der Waals surface area contributed by atoms with Crippen LogP contribution in [0.4, 0.5) is 0 Å². The summed E-state index contributed by atoms with van der Waals surface area (Å²) in [5, 5.41) is 12.0. The molecule has 0 spiro atoms. The minimum absolute atomic E-state index is 0.0428. The quantitative estimate of drug-likeness (QED) is 0.690. The number of carbonyl (C=O) groups is 2. The predicted molar refractivity (Wildman–Crippen MR) is 87.7 cm³/mol. The summed E-state index contributed by atoms with van der Waals surface area (Å²) in [4.78, 5) is 23.3. The molecule has 4 nitrogen and oxygen atoms in total. The molecule has 0 aromatic heterocycles. The highest BCUT2D eigenvalue weighted by molar-refractivity contribution is 14.1. The highest BCUT2D eigenvalue weighted by Gasteiger charge is 2.32. The second-order valence-electron chi connectivity index (χ2n) is 4.97. The zero-order chi connectivity index (χ0) is 14.7. The molecule has 2 rings (SSSR count). The lowest BCUT2D eigenvalue weighted by atomic mass is 9.96. The third-order valence-corrected chi connectivity index (χ3v) is 5.11. The number of rotatable bonds is 4. The Bertz CT molecular complexity index is 535. The number of benzene rings is 1. The number of nitrogens with one attached hydrogen (secondary N) is 1. The van der Waals surface area contributed by atoms with Gasteiger partial charge in [0.1, 0.15) is 0 Å². The van der Waals surface area contributed by atoms with E-state index in [9.17, 15) is 9.59 Å². The van der Waals surface area contributed by atoms with Gasteiger partial charge in [0.2, 0.25) is 0 Å². The van der Waals surface area contributed by atoms with Crippen molar-refractivity contribution >= 4 is 50.4 Å². The van der Waals surface area contributed by atoms with Crippen LogP contribution in [0.5, 0.6) is 0 Å². The Morgan fingerprint density at radius 2 is 2.15 bits per heavy atom. The number of carbonyl (C=O) groups excluding carboxylic acids is 1. The second-order valence-corrected chi connectivity index (χ2v) is 7.05. The first-order valence-corrected chi connectivity index (χ1v) is 8.32. The van der Waals surface area contributed by atoms with Gasteiger partial charge in [-0.05, 0) is 59.5 Å². The smallest absolute Gasteiger partial charge is 0.306 e. The molecule has 1 saturated carbocycles. The minimum Gasteiger partial charge on any atom is -0.481 e. The van der Waals surface area contributed by atoms with E-state index in [4.69, 9.17) is 5.11 Å². The third kappa shape index (κ3) is 3.72. The maximum absolute atomic E-state index is 12.2. The zero-order valence-electron chi connectivity index (χ0n) is 10.7. The van der Waals surface area contributed by atoms with Gasteiger partial charge in [0.15, 0.2) is 0 Å². The van der Waals surface area contributed by atoms with Crippen LogP contribution in [0.25, 0.3) is 0 Å². The van der Waals surface area contributed by atoms with Crippen molar-refractivity contribution in [3.8, 4) is 0 Å². The van der Waals surface area contributed by atoms with Crippen LogP contribution in [0.2, 0.25) is 0 Å². The Morgan fingerprint density at radius 3 is 2.85 bits per heavy atom. The molecule has 1 aromatic rings. The molecule has 108 valence electrons.